The number of carbonyl (C=O) groups excluding carboxylic acids is 1. The molecular weight excluding hydrogens is 374 g/mol. The lowest BCUT2D eigenvalue weighted by Gasteiger charge is -2.47. The van der Waals surface area contributed by atoms with Crippen LogP contribution in [0.1, 0.15) is 31.2 Å². The number of hydrogen-bond donors (Lipinski definition) is 2. The summed E-state index contributed by atoms with van der Waals surface area (Å²) in [6.07, 6.45) is 2.05. The van der Waals surface area contributed by atoms with E-state index in [0.29, 0.717) is 0 Å². The molecule has 2 N–H and O–H groups in total. The van der Waals surface area contributed by atoms with Crippen LogP contribution in [0.4, 0.5) is 0 Å². The second-order valence-electron chi connectivity index (χ2n) is 7.21. The topological polar surface area (TPSA) is 104 Å². The summed E-state index contributed by atoms with van der Waals surface area (Å²) < 4.78 is 0.890. The highest BCUT2D eigenvalue weighted by molar-refractivity contribution is 8.01. The van der Waals surface area contributed by atoms with Gasteiger partial charge in [-0.3, -0.25) is 4.79 Å². The highest BCUT2D eigenvalue weighted by atomic mass is 32.2. The average molecular weight is 396 g/mol. The van der Waals surface area contributed by atoms with Crippen molar-refractivity contribution >= 4 is 35.0 Å². The predicted octanol–water partition coefficient (Wildman–Crippen LogP) is 1.92. The van der Waals surface area contributed by atoms with E-state index in [4.69, 9.17) is 0 Å². The number of β-lactam (4-membered cyclic amide) rings is 1. The Morgan fingerprint density at radius 3 is 2.81 bits per heavy atom. The minimum Gasteiger partial charge on any atom is -0.477 e. The molecule has 2 fully saturated rings. The summed E-state index contributed by atoms with van der Waals surface area (Å²) in [5, 5.41) is 28.8. The largest absolute Gasteiger partial charge is 0.477 e. The van der Waals surface area contributed by atoms with Gasteiger partial charge in [-0.2, -0.15) is 0 Å². The van der Waals surface area contributed by atoms with Crippen molar-refractivity contribution in [2.45, 2.75) is 49.6 Å². The van der Waals surface area contributed by atoms with Crippen LogP contribution in [0.15, 0.2) is 15.6 Å². The number of amides is 1. The molecule has 0 spiro atoms. The number of carboxylic acid groups (broad SMARTS) is 1. The molecule has 1 aromatic heterocycles. The number of hydrogen-bond acceptors (Lipinski definition) is 7. The van der Waals surface area contributed by atoms with E-state index < -0.39 is 18.0 Å². The van der Waals surface area contributed by atoms with E-state index in [1.807, 2.05) is 6.92 Å². The summed E-state index contributed by atoms with van der Waals surface area (Å²) in [4.78, 5) is 25.9. The number of nitrogens with zero attached hydrogens (tertiary/aromatic N) is 3. The first kappa shape index (κ1) is 17.9. The Balaban J connectivity index is 1.62. The standard InChI is InChI=1S/C17H21N3O4S2/c1-7(21)11-13-10-5-3-4-9(6-25-17-19-18-8(2)26-17)12(10)14(16(23)24)20(13)15(11)22/h7,9-11,13,21H,3-6H2,1-2H3,(H,23,24)/t7-,9+,10+,11-,13-/m1/s1. The first-order chi connectivity index (χ1) is 12.4. The van der Waals surface area contributed by atoms with Crippen molar-refractivity contribution in [1.29, 1.82) is 0 Å². The van der Waals surface area contributed by atoms with Crippen LogP contribution in [0.2, 0.25) is 0 Å². The van der Waals surface area contributed by atoms with Gasteiger partial charge in [-0.05, 0) is 38.2 Å². The van der Waals surface area contributed by atoms with Crippen LogP contribution in [0.25, 0.3) is 0 Å². The van der Waals surface area contributed by atoms with Gasteiger partial charge in [-0.25, -0.2) is 4.79 Å². The van der Waals surface area contributed by atoms with Crippen molar-refractivity contribution in [1.82, 2.24) is 15.1 Å². The summed E-state index contributed by atoms with van der Waals surface area (Å²) >= 11 is 3.14. The maximum atomic E-state index is 12.5. The molecule has 0 aromatic carbocycles. The third kappa shape index (κ3) is 2.68. The Labute approximate surface area is 159 Å². The molecule has 2 aliphatic heterocycles. The molecule has 9 heteroatoms. The third-order valence-electron chi connectivity index (χ3n) is 5.66. The highest BCUT2D eigenvalue weighted by Crippen LogP contribution is 2.54. The van der Waals surface area contributed by atoms with Crippen LogP contribution in [0.3, 0.4) is 0 Å². The normalized spacial score (nSPS) is 31.5. The molecule has 1 amide bonds. The van der Waals surface area contributed by atoms with Gasteiger partial charge in [-0.15, -0.1) is 10.2 Å². The van der Waals surface area contributed by atoms with E-state index in [9.17, 15) is 19.8 Å². The van der Waals surface area contributed by atoms with Gasteiger partial charge < -0.3 is 15.1 Å². The number of thioether (sulfide) groups is 1. The lowest BCUT2D eigenvalue weighted by molar-refractivity contribution is -0.163. The van der Waals surface area contributed by atoms with Gasteiger partial charge in [0, 0.05) is 11.7 Å². The van der Waals surface area contributed by atoms with E-state index >= 15 is 0 Å². The monoisotopic (exact) mass is 395 g/mol. The van der Waals surface area contributed by atoms with E-state index in [0.717, 1.165) is 39.9 Å². The molecule has 3 aliphatic rings. The third-order valence-corrected chi connectivity index (χ3v) is 7.79. The van der Waals surface area contributed by atoms with E-state index in [1.165, 1.54) is 16.2 Å². The van der Waals surface area contributed by atoms with Crippen molar-refractivity contribution in [3.63, 3.8) is 0 Å². The lowest BCUT2D eigenvalue weighted by Crippen LogP contribution is -2.64. The van der Waals surface area contributed by atoms with Crippen LogP contribution in [0.5, 0.6) is 0 Å². The van der Waals surface area contributed by atoms with Crippen LogP contribution in [-0.2, 0) is 9.59 Å². The van der Waals surface area contributed by atoms with Crippen LogP contribution in [0, 0.1) is 24.7 Å². The molecule has 26 heavy (non-hydrogen) atoms. The fourth-order valence-electron chi connectivity index (χ4n) is 4.68. The zero-order valence-electron chi connectivity index (χ0n) is 14.6. The Hall–Kier alpha value is -1.45. The van der Waals surface area contributed by atoms with Gasteiger partial charge in [0.25, 0.3) is 0 Å². The summed E-state index contributed by atoms with van der Waals surface area (Å²) in [7, 11) is 0. The lowest BCUT2D eigenvalue weighted by atomic mass is 9.70. The predicted molar refractivity (Wildman–Crippen MR) is 96.7 cm³/mol. The minimum absolute atomic E-state index is 0.0499. The van der Waals surface area contributed by atoms with Crippen LogP contribution < -0.4 is 0 Å². The quantitative estimate of drug-likeness (QED) is 0.580. The van der Waals surface area contributed by atoms with Crippen molar-refractivity contribution in [2.75, 3.05) is 5.75 Å². The molecule has 1 aromatic rings. The zero-order valence-corrected chi connectivity index (χ0v) is 16.2. The molecule has 7 nitrogen and oxygen atoms in total. The summed E-state index contributed by atoms with van der Waals surface area (Å²) in [5.41, 5.74) is 1.07. The van der Waals surface area contributed by atoms with Crippen LogP contribution >= 0.6 is 23.1 Å². The number of fused-ring (bicyclic) bond motifs is 3. The number of aromatic nitrogens is 2. The van der Waals surface area contributed by atoms with Crippen LogP contribution in [-0.4, -0.2) is 55.1 Å². The molecule has 1 saturated carbocycles. The zero-order chi connectivity index (χ0) is 18.6. The van der Waals surface area contributed by atoms with Gasteiger partial charge in [0.05, 0.1) is 18.1 Å². The Morgan fingerprint density at radius 1 is 1.42 bits per heavy atom. The maximum Gasteiger partial charge on any atom is 0.352 e. The van der Waals surface area contributed by atoms with E-state index in [2.05, 4.69) is 10.2 Å². The molecule has 1 saturated heterocycles. The molecule has 140 valence electrons. The summed E-state index contributed by atoms with van der Waals surface area (Å²) in [6.45, 7) is 3.53. The Kier molecular flexibility index (Phi) is 4.56. The fourth-order valence-corrected chi connectivity index (χ4v) is 6.69. The smallest absolute Gasteiger partial charge is 0.352 e. The van der Waals surface area contributed by atoms with Crippen molar-refractivity contribution in [3.8, 4) is 0 Å². The molecule has 0 bridgehead atoms. The number of aliphatic carboxylic acids is 1. The van der Waals surface area contributed by atoms with Gasteiger partial charge in [-0.1, -0.05) is 29.5 Å². The number of carboxylic acids is 1. The molecule has 3 heterocycles. The number of rotatable bonds is 5. The van der Waals surface area contributed by atoms with Gasteiger partial charge in [0.2, 0.25) is 5.91 Å². The number of aliphatic hydroxyl groups excluding tert-OH is 1. The summed E-state index contributed by atoms with van der Waals surface area (Å²) in [6, 6.07) is -0.194. The number of aliphatic hydroxyl groups is 1. The molecule has 4 rings (SSSR count). The first-order valence-electron chi connectivity index (χ1n) is 8.81. The number of carbonyl (C=O) groups is 2. The highest BCUT2D eigenvalue weighted by Gasteiger charge is 2.62. The van der Waals surface area contributed by atoms with Crippen molar-refractivity contribution < 1.29 is 19.8 Å². The fraction of sp³-hybridized carbons (Fsp3) is 0.647. The maximum absolute atomic E-state index is 12.5. The molecule has 5 atom stereocenters. The second kappa shape index (κ2) is 6.61. The van der Waals surface area contributed by atoms with Gasteiger partial charge in [0.15, 0.2) is 4.34 Å². The SMILES string of the molecule is Cc1nnc(SC[C@@H]2CCC[C@H]3C2=C(C(=O)O)N2C(=O)[C@H]([C@@H](C)O)[C@@H]32)s1. The summed E-state index contributed by atoms with van der Waals surface area (Å²) in [5.74, 6) is -0.866. The van der Waals surface area contributed by atoms with Crippen molar-refractivity contribution in [3.05, 3.63) is 16.3 Å². The van der Waals surface area contributed by atoms with Gasteiger partial charge >= 0.3 is 5.97 Å². The Morgan fingerprint density at radius 2 is 2.19 bits per heavy atom. The number of aryl methyl sites for hydroxylation is 1. The van der Waals surface area contributed by atoms with Crippen molar-refractivity contribution in [2.24, 2.45) is 17.8 Å². The Bertz CT molecular complexity index is 791. The first-order valence-corrected chi connectivity index (χ1v) is 10.6. The van der Waals surface area contributed by atoms with Gasteiger partial charge in [0.1, 0.15) is 10.7 Å². The van der Waals surface area contributed by atoms with E-state index in [1.54, 1.807) is 18.7 Å². The van der Waals surface area contributed by atoms with E-state index in [-0.39, 0.29) is 29.5 Å². The minimum atomic E-state index is -1.03. The molecule has 0 unspecified atom stereocenters. The second-order valence-corrected chi connectivity index (χ2v) is 9.66. The molecular formula is C17H21N3O4S2. The average Bonchev–Trinajstić information content (AvgIpc) is 3.12. The molecule has 0 radical (unpaired) electrons. The molecule has 1 aliphatic carbocycles.